The number of hydrogen-bond acceptors (Lipinski definition) is 5. The second kappa shape index (κ2) is 6.48. The number of allylic oxidation sites excluding steroid dienone is 3. The van der Waals surface area contributed by atoms with Crippen molar-refractivity contribution >= 4 is 5.70 Å². The largest absolute Gasteiger partial charge is 0.497 e. The fraction of sp³-hybridized carbons (Fsp3) is 0.500. The standard InChI is InChI=1S/C24H29NO4/c1-6-15-16-7-8-18(26-4)23(27-5)21(16)24(2,3)25-10-9-14-11-19-20(29-13-28-19)12-17(14)22(15)25/h11-12H,6-10,13H2,1-5H3. The van der Waals surface area contributed by atoms with Gasteiger partial charge in [0.1, 0.15) is 5.76 Å². The van der Waals surface area contributed by atoms with Crippen LogP contribution in [-0.2, 0) is 15.9 Å². The minimum absolute atomic E-state index is 0.188. The van der Waals surface area contributed by atoms with Crippen LogP contribution in [-0.4, -0.2) is 38.0 Å². The third kappa shape index (κ3) is 2.46. The molecule has 4 aliphatic rings. The smallest absolute Gasteiger partial charge is 0.231 e. The molecule has 0 aromatic heterocycles. The maximum Gasteiger partial charge on any atom is 0.231 e. The summed E-state index contributed by atoms with van der Waals surface area (Å²) in [5.41, 5.74) is 7.93. The van der Waals surface area contributed by atoms with E-state index in [0.717, 1.165) is 55.2 Å². The molecule has 0 bridgehead atoms. The first-order chi connectivity index (χ1) is 14.0. The van der Waals surface area contributed by atoms with Gasteiger partial charge < -0.3 is 23.8 Å². The van der Waals surface area contributed by atoms with Crippen molar-refractivity contribution < 1.29 is 18.9 Å². The molecule has 0 spiro atoms. The first-order valence-corrected chi connectivity index (χ1v) is 10.5. The summed E-state index contributed by atoms with van der Waals surface area (Å²) < 4.78 is 23.0. The highest BCUT2D eigenvalue weighted by Crippen LogP contribution is 2.53. The minimum Gasteiger partial charge on any atom is -0.497 e. The summed E-state index contributed by atoms with van der Waals surface area (Å²) in [4.78, 5) is 2.56. The first-order valence-electron chi connectivity index (χ1n) is 10.5. The van der Waals surface area contributed by atoms with E-state index in [9.17, 15) is 0 Å². The zero-order chi connectivity index (χ0) is 20.3. The highest BCUT2D eigenvalue weighted by atomic mass is 16.7. The first kappa shape index (κ1) is 18.5. The molecule has 0 saturated heterocycles. The summed E-state index contributed by atoms with van der Waals surface area (Å²) in [5.74, 6) is 3.60. The van der Waals surface area contributed by atoms with E-state index in [2.05, 4.69) is 37.8 Å². The Morgan fingerprint density at radius 2 is 1.79 bits per heavy atom. The van der Waals surface area contributed by atoms with Gasteiger partial charge in [0.15, 0.2) is 17.3 Å². The summed E-state index contributed by atoms with van der Waals surface area (Å²) in [5, 5.41) is 0. The summed E-state index contributed by atoms with van der Waals surface area (Å²) in [6.45, 7) is 8.15. The zero-order valence-electron chi connectivity index (χ0n) is 18.0. The van der Waals surface area contributed by atoms with Gasteiger partial charge in [-0.1, -0.05) is 6.92 Å². The molecule has 3 aliphatic heterocycles. The summed E-state index contributed by atoms with van der Waals surface area (Å²) in [7, 11) is 3.51. The van der Waals surface area contributed by atoms with Gasteiger partial charge in [0, 0.05) is 29.8 Å². The molecule has 5 rings (SSSR count). The molecule has 1 aromatic rings. The molecule has 1 aromatic carbocycles. The fourth-order valence-corrected chi connectivity index (χ4v) is 5.56. The average Bonchev–Trinajstić information content (AvgIpc) is 3.18. The second-order valence-corrected chi connectivity index (χ2v) is 8.52. The molecule has 1 aliphatic carbocycles. The van der Waals surface area contributed by atoms with E-state index in [1.54, 1.807) is 14.2 Å². The molecular formula is C24H29NO4. The molecule has 5 heteroatoms. The van der Waals surface area contributed by atoms with E-state index >= 15 is 0 Å². The summed E-state index contributed by atoms with van der Waals surface area (Å²) >= 11 is 0. The van der Waals surface area contributed by atoms with Gasteiger partial charge in [-0.2, -0.15) is 0 Å². The predicted octanol–water partition coefficient (Wildman–Crippen LogP) is 4.78. The molecular weight excluding hydrogens is 366 g/mol. The van der Waals surface area contributed by atoms with Gasteiger partial charge in [-0.3, -0.25) is 0 Å². The van der Waals surface area contributed by atoms with Gasteiger partial charge in [-0.05, 0) is 62.0 Å². The van der Waals surface area contributed by atoms with E-state index in [4.69, 9.17) is 18.9 Å². The molecule has 0 saturated carbocycles. The lowest BCUT2D eigenvalue weighted by molar-refractivity contribution is 0.174. The molecule has 5 nitrogen and oxygen atoms in total. The monoisotopic (exact) mass is 395 g/mol. The van der Waals surface area contributed by atoms with Crippen LogP contribution in [0, 0.1) is 0 Å². The van der Waals surface area contributed by atoms with Gasteiger partial charge in [0.2, 0.25) is 6.79 Å². The lowest BCUT2D eigenvalue weighted by Gasteiger charge is -2.52. The van der Waals surface area contributed by atoms with Crippen LogP contribution in [0.2, 0.25) is 0 Å². The van der Waals surface area contributed by atoms with E-state index in [0.29, 0.717) is 6.79 Å². The van der Waals surface area contributed by atoms with Crippen molar-refractivity contribution in [1.29, 1.82) is 0 Å². The number of rotatable bonds is 3. The van der Waals surface area contributed by atoms with E-state index in [1.165, 1.54) is 33.5 Å². The maximum atomic E-state index is 5.91. The van der Waals surface area contributed by atoms with Crippen molar-refractivity contribution in [3.05, 3.63) is 51.5 Å². The number of ether oxygens (including phenoxy) is 4. The topological polar surface area (TPSA) is 40.2 Å². The Morgan fingerprint density at radius 3 is 2.48 bits per heavy atom. The fourth-order valence-electron chi connectivity index (χ4n) is 5.56. The van der Waals surface area contributed by atoms with Crippen LogP contribution < -0.4 is 9.47 Å². The van der Waals surface area contributed by atoms with Gasteiger partial charge >= 0.3 is 0 Å². The van der Waals surface area contributed by atoms with Crippen molar-refractivity contribution in [3.8, 4) is 11.5 Å². The third-order valence-electron chi connectivity index (χ3n) is 6.85. The number of benzene rings is 1. The SMILES string of the molecule is CCC1=C2c3cc4c(cc3CCN2C(C)(C)C2=C1CCC(OC)=C2OC)OCO4. The van der Waals surface area contributed by atoms with Crippen LogP contribution in [0.5, 0.6) is 11.5 Å². The number of hydrogen-bond donors (Lipinski definition) is 0. The quantitative estimate of drug-likeness (QED) is 0.736. The van der Waals surface area contributed by atoms with Crippen molar-refractivity contribution in [3.63, 3.8) is 0 Å². The lowest BCUT2D eigenvalue weighted by atomic mass is 9.72. The van der Waals surface area contributed by atoms with E-state index in [-0.39, 0.29) is 5.54 Å². The van der Waals surface area contributed by atoms with Gasteiger partial charge in [0.05, 0.1) is 19.8 Å². The van der Waals surface area contributed by atoms with Gasteiger partial charge in [-0.25, -0.2) is 0 Å². The highest BCUT2D eigenvalue weighted by Gasteiger charge is 2.46. The van der Waals surface area contributed by atoms with Gasteiger partial charge in [0.25, 0.3) is 0 Å². The molecule has 154 valence electrons. The Morgan fingerprint density at radius 1 is 1.03 bits per heavy atom. The second-order valence-electron chi connectivity index (χ2n) is 8.52. The predicted molar refractivity (Wildman–Crippen MR) is 112 cm³/mol. The van der Waals surface area contributed by atoms with Crippen LogP contribution in [0.4, 0.5) is 0 Å². The normalized spacial score (nSPS) is 21.8. The van der Waals surface area contributed by atoms with Crippen molar-refractivity contribution in [2.45, 2.75) is 52.0 Å². The number of nitrogens with zero attached hydrogens (tertiary/aromatic N) is 1. The molecule has 0 fully saturated rings. The molecule has 0 atom stereocenters. The van der Waals surface area contributed by atoms with Crippen LogP contribution >= 0.6 is 0 Å². The highest BCUT2D eigenvalue weighted by molar-refractivity contribution is 5.81. The molecule has 0 amide bonds. The number of fused-ring (bicyclic) bond motifs is 4. The van der Waals surface area contributed by atoms with Gasteiger partial charge in [-0.15, -0.1) is 0 Å². The van der Waals surface area contributed by atoms with Crippen molar-refractivity contribution in [2.75, 3.05) is 27.6 Å². The Kier molecular flexibility index (Phi) is 4.12. The number of methoxy groups -OCH3 is 2. The Labute approximate surface area is 172 Å². The third-order valence-corrected chi connectivity index (χ3v) is 6.85. The molecule has 29 heavy (non-hydrogen) atoms. The summed E-state index contributed by atoms with van der Waals surface area (Å²) in [6, 6.07) is 4.36. The van der Waals surface area contributed by atoms with E-state index < -0.39 is 0 Å². The van der Waals surface area contributed by atoms with Crippen LogP contribution in [0.1, 0.15) is 51.2 Å². The molecule has 0 N–H and O–H groups in total. The van der Waals surface area contributed by atoms with Crippen LogP contribution in [0.25, 0.3) is 5.70 Å². The van der Waals surface area contributed by atoms with E-state index in [1.807, 2.05) is 0 Å². The lowest BCUT2D eigenvalue weighted by Crippen LogP contribution is -2.51. The Balaban J connectivity index is 1.78. The molecule has 0 radical (unpaired) electrons. The molecule has 0 unspecified atom stereocenters. The Bertz CT molecular complexity index is 983. The summed E-state index contributed by atoms with van der Waals surface area (Å²) in [6.07, 6.45) is 3.82. The Hall–Kier alpha value is -2.56. The minimum atomic E-state index is -0.188. The molecule has 3 heterocycles. The van der Waals surface area contributed by atoms with Crippen LogP contribution in [0.3, 0.4) is 0 Å². The van der Waals surface area contributed by atoms with Crippen LogP contribution in [0.15, 0.2) is 40.4 Å². The maximum absolute atomic E-state index is 5.91. The van der Waals surface area contributed by atoms with Crippen molar-refractivity contribution in [1.82, 2.24) is 4.90 Å². The average molecular weight is 395 g/mol. The zero-order valence-corrected chi connectivity index (χ0v) is 18.0. The van der Waals surface area contributed by atoms with Crippen molar-refractivity contribution in [2.24, 2.45) is 0 Å².